The Kier molecular flexibility index (Phi) is 7.73. The lowest BCUT2D eigenvalue weighted by Crippen LogP contribution is -2.33. The van der Waals surface area contributed by atoms with Gasteiger partial charge in [0, 0.05) is 6.42 Å². The monoisotopic (exact) mass is 397 g/mol. The van der Waals surface area contributed by atoms with E-state index in [1.165, 1.54) is 0 Å². The Morgan fingerprint density at radius 1 is 0.962 bits per heavy atom. The van der Waals surface area contributed by atoms with Crippen LogP contribution in [0.4, 0.5) is 22.0 Å². The second-order valence-electron chi connectivity index (χ2n) is 6.47. The van der Waals surface area contributed by atoms with Gasteiger partial charge in [-0.1, -0.05) is 18.5 Å². The van der Waals surface area contributed by atoms with Crippen molar-refractivity contribution in [3.05, 3.63) is 34.6 Å². The number of oxime groups is 1. The van der Waals surface area contributed by atoms with Gasteiger partial charge in [0.05, 0.1) is 5.56 Å². The molecule has 0 saturated heterocycles. The van der Waals surface area contributed by atoms with E-state index >= 15 is 0 Å². The average molecular weight is 397 g/mol. The number of carbonyl (C=O) groups excluding carboxylic acids is 1. The van der Waals surface area contributed by atoms with Crippen LogP contribution in [0.25, 0.3) is 0 Å². The van der Waals surface area contributed by atoms with Crippen LogP contribution < -0.4 is 0 Å². The average Bonchev–Trinajstić information content (AvgIpc) is 2.55. The Bertz CT molecular complexity index is 675. The zero-order valence-electron chi connectivity index (χ0n) is 14.9. The summed E-state index contributed by atoms with van der Waals surface area (Å²) in [6, 6.07) is 0. The van der Waals surface area contributed by atoms with Gasteiger partial charge in [-0.3, -0.25) is 0 Å². The first-order valence-electron chi connectivity index (χ1n) is 7.92. The minimum Gasteiger partial charge on any atom is -0.515 e. The fourth-order valence-electron chi connectivity index (χ4n) is 1.82. The molecule has 1 rings (SSSR count). The molecule has 10 heteroatoms. The molecule has 26 heavy (non-hydrogen) atoms. The van der Waals surface area contributed by atoms with Crippen molar-refractivity contribution in [2.45, 2.75) is 52.4 Å². The summed E-state index contributed by atoms with van der Waals surface area (Å²) in [7, 11) is -2.21. The molecule has 0 heterocycles. The molecule has 0 radical (unpaired) electrons. The fourth-order valence-corrected chi connectivity index (χ4v) is 2.49. The highest BCUT2D eigenvalue weighted by atomic mass is 28.4. The third-order valence-electron chi connectivity index (χ3n) is 3.09. The Labute approximate surface area is 149 Å². The lowest BCUT2D eigenvalue weighted by atomic mass is 10.2. The van der Waals surface area contributed by atoms with Gasteiger partial charge in [0.15, 0.2) is 29.0 Å². The predicted octanol–water partition coefficient (Wildman–Crippen LogP) is 4.82. The molecule has 146 valence electrons. The number of rotatable bonds is 8. The van der Waals surface area contributed by atoms with Crippen LogP contribution in [0, 0.1) is 29.1 Å². The smallest absolute Gasteiger partial charge is 0.342 e. The maximum absolute atomic E-state index is 13.6. The fraction of sp³-hybridized carbons (Fsp3) is 0.500. The van der Waals surface area contributed by atoms with Crippen LogP contribution in [0.1, 0.15) is 31.7 Å². The standard InChI is InChI=1S/C16H20F5NO3Si/c1-5-6-7-10(16(23)25-26(2,3)4)22-24-8-9-11(17)13(19)15(21)14(20)12(9)18/h5-8H2,1-4H3/b22-10+. The molecule has 0 N–H and O–H groups in total. The van der Waals surface area contributed by atoms with E-state index in [4.69, 9.17) is 9.26 Å². The summed E-state index contributed by atoms with van der Waals surface area (Å²) in [6.45, 7) is 6.17. The number of carbonyl (C=O) groups is 1. The van der Waals surface area contributed by atoms with E-state index in [9.17, 15) is 26.7 Å². The van der Waals surface area contributed by atoms with E-state index in [0.717, 1.165) is 6.42 Å². The van der Waals surface area contributed by atoms with Crippen LogP contribution in [0.5, 0.6) is 0 Å². The molecule has 0 amide bonds. The van der Waals surface area contributed by atoms with Crippen LogP contribution in [-0.4, -0.2) is 20.0 Å². The highest BCUT2D eigenvalue weighted by Crippen LogP contribution is 2.23. The summed E-state index contributed by atoms with van der Waals surface area (Å²) in [4.78, 5) is 16.8. The second-order valence-corrected chi connectivity index (χ2v) is 10.9. The maximum atomic E-state index is 13.6. The molecule has 0 bridgehead atoms. The SMILES string of the molecule is CCCC/C(=N\OCc1c(F)c(F)c(F)c(F)c1F)C(=O)O[Si](C)(C)C. The van der Waals surface area contributed by atoms with Gasteiger partial charge in [0.25, 0.3) is 0 Å². The third kappa shape index (κ3) is 5.79. The van der Waals surface area contributed by atoms with E-state index in [-0.39, 0.29) is 12.1 Å². The van der Waals surface area contributed by atoms with Crippen molar-refractivity contribution in [2.75, 3.05) is 0 Å². The number of halogens is 5. The molecule has 1 aromatic rings. The van der Waals surface area contributed by atoms with Gasteiger partial charge in [0.2, 0.25) is 14.1 Å². The minimum absolute atomic E-state index is 0.113. The molecular weight excluding hydrogens is 377 g/mol. The van der Waals surface area contributed by atoms with Gasteiger partial charge in [-0.2, -0.15) is 0 Å². The van der Waals surface area contributed by atoms with Gasteiger partial charge in [-0.05, 0) is 26.1 Å². The molecule has 0 aliphatic rings. The van der Waals surface area contributed by atoms with Gasteiger partial charge < -0.3 is 9.26 Å². The molecule has 0 unspecified atom stereocenters. The molecule has 1 aromatic carbocycles. The number of hydrogen-bond acceptors (Lipinski definition) is 4. The molecule has 0 spiro atoms. The lowest BCUT2D eigenvalue weighted by molar-refractivity contribution is -0.128. The van der Waals surface area contributed by atoms with E-state index in [2.05, 4.69) is 5.16 Å². The highest BCUT2D eigenvalue weighted by molar-refractivity contribution is 6.72. The first-order valence-corrected chi connectivity index (χ1v) is 11.3. The van der Waals surface area contributed by atoms with Crippen molar-refractivity contribution >= 4 is 20.0 Å². The summed E-state index contributed by atoms with van der Waals surface area (Å²) in [6.07, 6.45) is 1.50. The van der Waals surface area contributed by atoms with Gasteiger partial charge in [-0.25, -0.2) is 26.7 Å². The van der Waals surface area contributed by atoms with Crippen LogP contribution in [0.15, 0.2) is 5.16 Å². The molecule has 0 aromatic heterocycles. The van der Waals surface area contributed by atoms with Crippen molar-refractivity contribution in [3.63, 3.8) is 0 Å². The van der Waals surface area contributed by atoms with Crippen molar-refractivity contribution in [3.8, 4) is 0 Å². The lowest BCUT2D eigenvalue weighted by Gasteiger charge is -2.17. The van der Waals surface area contributed by atoms with E-state index in [1.807, 2.05) is 6.92 Å². The Morgan fingerprint density at radius 3 is 1.92 bits per heavy atom. The molecule has 4 nitrogen and oxygen atoms in total. The normalized spacial score (nSPS) is 12.3. The number of hydrogen-bond donors (Lipinski definition) is 0. The summed E-state index contributed by atoms with van der Waals surface area (Å²) in [5, 5.41) is 3.50. The van der Waals surface area contributed by atoms with Crippen molar-refractivity contribution in [1.29, 1.82) is 0 Å². The Hall–Kier alpha value is -1.97. The molecule has 0 atom stereocenters. The van der Waals surface area contributed by atoms with Crippen LogP contribution in [-0.2, 0) is 20.7 Å². The van der Waals surface area contributed by atoms with E-state index in [0.29, 0.717) is 6.42 Å². The first kappa shape index (κ1) is 22.1. The van der Waals surface area contributed by atoms with Crippen LogP contribution in [0.3, 0.4) is 0 Å². The topological polar surface area (TPSA) is 47.9 Å². The number of nitrogens with zero attached hydrogens (tertiary/aromatic N) is 1. The minimum atomic E-state index is -2.26. The van der Waals surface area contributed by atoms with E-state index < -0.39 is 55.5 Å². The number of unbranched alkanes of at least 4 members (excludes halogenated alkanes) is 1. The zero-order valence-corrected chi connectivity index (χ0v) is 15.9. The van der Waals surface area contributed by atoms with E-state index in [1.54, 1.807) is 19.6 Å². The summed E-state index contributed by atoms with van der Waals surface area (Å²) in [5.41, 5.74) is -1.28. The molecule has 0 saturated carbocycles. The highest BCUT2D eigenvalue weighted by Gasteiger charge is 2.27. The maximum Gasteiger partial charge on any atom is 0.342 e. The van der Waals surface area contributed by atoms with Gasteiger partial charge >= 0.3 is 5.97 Å². The quantitative estimate of drug-likeness (QED) is 0.158. The Balaban J connectivity index is 3.00. The molecule has 0 aliphatic heterocycles. The van der Waals surface area contributed by atoms with Gasteiger partial charge in [0.1, 0.15) is 6.61 Å². The summed E-state index contributed by atoms with van der Waals surface area (Å²) in [5.74, 6) is -11.1. The Morgan fingerprint density at radius 2 is 1.46 bits per heavy atom. The third-order valence-corrected chi connectivity index (χ3v) is 3.88. The largest absolute Gasteiger partial charge is 0.515 e. The molecule has 0 fully saturated rings. The zero-order chi connectivity index (χ0) is 20.1. The predicted molar refractivity (Wildman–Crippen MR) is 87.4 cm³/mol. The molecule has 0 aliphatic carbocycles. The van der Waals surface area contributed by atoms with Crippen LogP contribution in [0.2, 0.25) is 19.6 Å². The van der Waals surface area contributed by atoms with Crippen molar-refractivity contribution in [1.82, 2.24) is 0 Å². The summed E-state index contributed by atoms with van der Waals surface area (Å²) >= 11 is 0. The first-order chi connectivity index (χ1) is 12.0. The number of benzene rings is 1. The van der Waals surface area contributed by atoms with Crippen molar-refractivity contribution < 1.29 is 36.0 Å². The summed E-state index contributed by atoms with van der Waals surface area (Å²) < 4.78 is 71.7. The van der Waals surface area contributed by atoms with Gasteiger partial charge in [-0.15, -0.1) is 0 Å². The van der Waals surface area contributed by atoms with Crippen molar-refractivity contribution in [2.24, 2.45) is 5.16 Å². The van der Waals surface area contributed by atoms with Crippen LogP contribution >= 0.6 is 0 Å². The second kappa shape index (κ2) is 9.11. The molecular formula is C16H20F5NO3Si.